The van der Waals surface area contributed by atoms with Crippen LogP contribution in [0.1, 0.15) is 35.3 Å². The molecule has 2 aliphatic heterocycles. The van der Waals surface area contributed by atoms with Crippen molar-refractivity contribution >= 4 is 23.2 Å². The quantitative estimate of drug-likeness (QED) is 0.427. The van der Waals surface area contributed by atoms with Crippen molar-refractivity contribution in [2.45, 2.75) is 39.0 Å². The number of halogens is 3. The lowest BCUT2D eigenvalue weighted by molar-refractivity contribution is -0.138. The molecular weight excluding hydrogens is 539 g/mol. The first-order valence-electron chi connectivity index (χ1n) is 13.4. The standard InChI is InChI=1S/C28H32F3N7O3/c1-16-8-24(38-14-17(2)35-18(3)15-38)23(36-26(40)21-13-32-25(39)10-22(21)28(29,30)31)9-20(16)19-11-33-27(34-12-19)37-4-6-41-7-5-37/h8-13,17-18,35H,4-7,14-15H2,1-3H3,(H,32,39)(H,36,40)/t17-,18+. The number of carbonyl (C=O) groups is 1. The Kier molecular flexibility index (Phi) is 8.00. The highest BCUT2D eigenvalue weighted by Gasteiger charge is 2.36. The number of rotatable bonds is 5. The van der Waals surface area contributed by atoms with Gasteiger partial charge in [0.05, 0.1) is 35.7 Å². The van der Waals surface area contributed by atoms with Crippen molar-refractivity contribution in [2.75, 3.05) is 54.5 Å². The Bertz CT molecular complexity index is 1460. The number of aryl methyl sites for hydroxylation is 1. The number of hydrogen-bond acceptors (Lipinski definition) is 8. The molecule has 2 atom stereocenters. The average molecular weight is 572 g/mol. The van der Waals surface area contributed by atoms with Crippen LogP contribution < -0.4 is 26.0 Å². The molecule has 2 aromatic heterocycles. The monoisotopic (exact) mass is 571 g/mol. The number of morpholine rings is 1. The van der Waals surface area contributed by atoms with Crippen molar-refractivity contribution in [1.82, 2.24) is 20.3 Å². The minimum absolute atomic E-state index is 0.152. The summed E-state index contributed by atoms with van der Waals surface area (Å²) in [6, 6.07) is 4.36. The van der Waals surface area contributed by atoms with E-state index in [-0.39, 0.29) is 12.1 Å². The van der Waals surface area contributed by atoms with Crippen LogP contribution in [-0.2, 0) is 10.9 Å². The van der Waals surface area contributed by atoms with E-state index in [9.17, 15) is 22.8 Å². The first-order valence-corrected chi connectivity index (χ1v) is 13.4. The highest BCUT2D eigenvalue weighted by Crippen LogP contribution is 2.37. The van der Waals surface area contributed by atoms with E-state index in [1.54, 1.807) is 18.5 Å². The predicted octanol–water partition coefficient (Wildman–Crippen LogP) is 3.43. The summed E-state index contributed by atoms with van der Waals surface area (Å²) in [4.78, 5) is 40.3. The summed E-state index contributed by atoms with van der Waals surface area (Å²) in [7, 11) is 0. The number of pyridine rings is 1. The number of aromatic nitrogens is 3. The molecule has 0 unspecified atom stereocenters. The average Bonchev–Trinajstić information content (AvgIpc) is 2.93. The number of nitrogens with one attached hydrogen (secondary N) is 3. The number of benzene rings is 1. The van der Waals surface area contributed by atoms with Gasteiger partial charge < -0.3 is 30.2 Å². The Balaban J connectivity index is 1.54. The predicted molar refractivity (Wildman–Crippen MR) is 150 cm³/mol. The van der Waals surface area contributed by atoms with E-state index in [1.165, 1.54) is 0 Å². The molecule has 0 aliphatic carbocycles. The molecule has 4 heterocycles. The Morgan fingerprint density at radius 3 is 2.34 bits per heavy atom. The fourth-order valence-electron chi connectivity index (χ4n) is 5.36. The molecule has 0 radical (unpaired) electrons. The van der Waals surface area contributed by atoms with Crippen LogP contribution in [0.15, 0.2) is 41.6 Å². The third kappa shape index (κ3) is 6.35. The zero-order valence-corrected chi connectivity index (χ0v) is 23.0. The summed E-state index contributed by atoms with van der Waals surface area (Å²) in [5, 5.41) is 6.16. The lowest BCUT2D eigenvalue weighted by atomic mass is 9.99. The highest BCUT2D eigenvalue weighted by molar-refractivity contribution is 6.07. The molecule has 1 amide bonds. The van der Waals surface area contributed by atoms with Gasteiger partial charge in [-0.2, -0.15) is 13.2 Å². The molecule has 13 heteroatoms. The van der Waals surface area contributed by atoms with Gasteiger partial charge in [0, 0.05) is 68.5 Å². The van der Waals surface area contributed by atoms with Gasteiger partial charge in [0.1, 0.15) is 0 Å². The SMILES string of the molecule is Cc1cc(N2C[C@@H](C)N[C@@H](C)C2)c(NC(=O)c2c[nH]c(=O)cc2C(F)(F)F)cc1-c1cnc(N2CCOCC2)nc1. The topological polar surface area (TPSA) is 115 Å². The van der Waals surface area contributed by atoms with Crippen molar-refractivity contribution < 1.29 is 22.7 Å². The van der Waals surface area contributed by atoms with E-state index in [0.29, 0.717) is 68.3 Å². The lowest BCUT2D eigenvalue weighted by Gasteiger charge is -2.39. The van der Waals surface area contributed by atoms with E-state index in [0.717, 1.165) is 17.3 Å². The number of amides is 1. The summed E-state index contributed by atoms with van der Waals surface area (Å²) in [6.45, 7) is 9.87. The molecule has 1 aromatic carbocycles. The largest absolute Gasteiger partial charge is 0.417 e. The summed E-state index contributed by atoms with van der Waals surface area (Å²) in [6.07, 6.45) is -0.693. The fraction of sp³-hybridized carbons (Fsp3) is 0.429. The third-order valence-corrected chi connectivity index (χ3v) is 7.21. The van der Waals surface area contributed by atoms with Gasteiger partial charge in [-0.25, -0.2) is 9.97 Å². The van der Waals surface area contributed by atoms with Crippen LogP contribution in [0, 0.1) is 6.92 Å². The van der Waals surface area contributed by atoms with Crippen molar-refractivity contribution in [1.29, 1.82) is 0 Å². The molecule has 2 fully saturated rings. The van der Waals surface area contributed by atoms with Crippen LogP contribution in [-0.4, -0.2) is 72.3 Å². The van der Waals surface area contributed by atoms with Gasteiger partial charge in [-0.05, 0) is 44.0 Å². The molecule has 3 N–H and O–H groups in total. The third-order valence-electron chi connectivity index (χ3n) is 7.21. The second-order valence-electron chi connectivity index (χ2n) is 10.5. The zero-order chi connectivity index (χ0) is 29.3. The number of carbonyl (C=O) groups excluding carboxylic acids is 1. The number of piperazine rings is 1. The van der Waals surface area contributed by atoms with Gasteiger partial charge in [-0.15, -0.1) is 0 Å². The van der Waals surface area contributed by atoms with E-state index in [1.807, 2.05) is 31.7 Å². The molecule has 218 valence electrons. The van der Waals surface area contributed by atoms with Crippen molar-refractivity contribution in [3.63, 3.8) is 0 Å². The Morgan fingerprint density at radius 1 is 1.05 bits per heavy atom. The number of aromatic amines is 1. The van der Waals surface area contributed by atoms with Gasteiger partial charge in [-0.3, -0.25) is 9.59 Å². The number of nitrogens with zero attached hydrogens (tertiary/aromatic N) is 4. The van der Waals surface area contributed by atoms with Crippen LogP contribution in [0.5, 0.6) is 0 Å². The maximum absolute atomic E-state index is 13.7. The summed E-state index contributed by atoms with van der Waals surface area (Å²) >= 11 is 0. The number of anilines is 3. The number of H-pyrrole nitrogens is 1. The summed E-state index contributed by atoms with van der Waals surface area (Å²) < 4.78 is 46.5. The molecule has 10 nitrogen and oxygen atoms in total. The van der Waals surface area contributed by atoms with Crippen molar-refractivity contribution in [3.05, 3.63) is 63.8 Å². The van der Waals surface area contributed by atoms with Gasteiger partial charge >= 0.3 is 6.18 Å². The van der Waals surface area contributed by atoms with Gasteiger partial charge in [0.2, 0.25) is 11.5 Å². The smallest absolute Gasteiger partial charge is 0.378 e. The van der Waals surface area contributed by atoms with Gasteiger partial charge in [0.15, 0.2) is 0 Å². The zero-order valence-electron chi connectivity index (χ0n) is 23.0. The van der Waals surface area contributed by atoms with Gasteiger partial charge in [-0.1, -0.05) is 0 Å². The Morgan fingerprint density at radius 2 is 1.71 bits per heavy atom. The van der Waals surface area contributed by atoms with E-state index in [2.05, 4.69) is 30.5 Å². The first-order chi connectivity index (χ1) is 19.5. The van der Waals surface area contributed by atoms with Crippen LogP contribution in [0.4, 0.5) is 30.5 Å². The molecule has 5 rings (SSSR count). The molecule has 2 saturated heterocycles. The van der Waals surface area contributed by atoms with E-state index >= 15 is 0 Å². The first kappa shape index (κ1) is 28.6. The summed E-state index contributed by atoms with van der Waals surface area (Å²) in [5.41, 5.74) is 0.415. The normalized spacial score (nSPS) is 19.8. The lowest BCUT2D eigenvalue weighted by Crippen LogP contribution is -2.54. The second kappa shape index (κ2) is 11.5. The number of hydrogen-bond donors (Lipinski definition) is 3. The van der Waals surface area contributed by atoms with E-state index < -0.39 is 28.8 Å². The minimum Gasteiger partial charge on any atom is -0.378 e. The van der Waals surface area contributed by atoms with Crippen LogP contribution in [0.2, 0.25) is 0 Å². The molecule has 0 spiro atoms. The Labute approximate surface area is 234 Å². The van der Waals surface area contributed by atoms with Crippen LogP contribution >= 0.6 is 0 Å². The van der Waals surface area contributed by atoms with Crippen LogP contribution in [0.3, 0.4) is 0 Å². The highest BCUT2D eigenvalue weighted by atomic mass is 19.4. The minimum atomic E-state index is -4.88. The number of ether oxygens (including phenoxy) is 1. The molecule has 3 aromatic rings. The molecule has 2 aliphatic rings. The number of alkyl halides is 3. The van der Waals surface area contributed by atoms with Gasteiger partial charge in [0.25, 0.3) is 5.91 Å². The molecule has 0 saturated carbocycles. The molecular formula is C28H32F3N7O3. The summed E-state index contributed by atoms with van der Waals surface area (Å²) in [5.74, 6) is -0.402. The molecule has 41 heavy (non-hydrogen) atoms. The second-order valence-corrected chi connectivity index (χ2v) is 10.5. The maximum atomic E-state index is 13.7. The van der Waals surface area contributed by atoms with Crippen molar-refractivity contribution in [3.8, 4) is 11.1 Å². The van der Waals surface area contributed by atoms with Crippen LogP contribution in [0.25, 0.3) is 11.1 Å². The maximum Gasteiger partial charge on any atom is 0.417 e. The fourth-order valence-corrected chi connectivity index (χ4v) is 5.36. The Hall–Kier alpha value is -3.97. The van der Waals surface area contributed by atoms with Crippen molar-refractivity contribution in [2.24, 2.45) is 0 Å². The molecule has 0 bridgehead atoms. The van der Waals surface area contributed by atoms with E-state index in [4.69, 9.17) is 4.74 Å².